The molecule has 0 saturated carbocycles. The third kappa shape index (κ3) is 4.56. The van der Waals surface area contributed by atoms with Crippen molar-refractivity contribution in [1.29, 1.82) is 0 Å². The molecule has 2 atom stereocenters. The normalized spacial score (nSPS) is 19.6. The molecular weight excluding hydrogens is 463 g/mol. The van der Waals surface area contributed by atoms with Gasteiger partial charge in [-0.3, -0.25) is 9.78 Å². The number of rotatable bonds is 3. The second kappa shape index (κ2) is 8.90. The minimum atomic E-state index is -4.65. The summed E-state index contributed by atoms with van der Waals surface area (Å²) in [7, 11) is 0. The van der Waals surface area contributed by atoms with Gasteiger partial charge in [-0.05, 0) is 42.8 Å². The lowest BCUT2D eigenvalue weighted by Gasteiger charge is -2.42. The Morgan fingerprint density at radius 3 is 2.83 bits per heavy atom. The van der Waals surface area contributed by atoms with Gasteiger partial charge in [-0.25, -0.2) is 0 Å². The summed E-state index contributed by atoms with van der Waals surface area (Å²) in [5.74, 6) is -0.691. The summed E-state index contributed by atoms with van der Waals surface area (Å²) in [6.07, 6.45) is -3.91. The van der Waals surface area contributed by atoms with E-state index in [4.69, 9.17) is 4.74 Å². The zero-order valence-electron chi connectivity index (χ0n) is 18.7. The van der Waals surface area contributed by atoms with Gasteiger partial charge in [0.25, 0.3) is 5.91 Å². The van der Waals surface area contributed by atoms with Gasteiger partial charge in [-0.2, -0.15) is 23.4 Å². The van der Waals surface area contributed by atoms with Gasteiger partial charge in [-0.15, -0.1) is 0 Å². The Balaban J connectivity index is 1.44. The maximum absolute atomic E-state index is 13.0. The number of nitrogens with one attached hydrogen (secondary N) is 1. The standard InChI is InChI=1S/C24H22F3N5O3/c1-13-2-3-15(29-23(34)14-4-5-28-21(8-14)24(25,26)27)9-17(13)18-11-19-22(31-30-18)20(33)10-16-12-35-7-6-32(16)19/h2-5,8-9,11,16,20,33H,6-7,10,12H2,1H3,(H,29,34)/t16-,20-/m1/s1. The number of amides is 1. The molecule has 0 bridgehead atoms. The second-order valence-corrected chi connectivity index (χ2v) is 8.59. The van der Waals surface area contributed by atoms with Crippen LogP contribution in [0, 0.1) is 6.92 Å². The van der Waals surface area contributed by atoms with Crippen LogP contribution in [0.5, 0.6) is 0 Å². The van der Waals surface area contributed by atoms with Crippen molar-refractivity contribution in [3.05, 3.63) is 65.1 Å². The van der Waals surface area contributed by atoms with Crippen LogP contribution in [0.2, 0.25) is 0 Å². The van der Waals surface area contributed by atoms with E-state index in [9.17, 15) is 23.1 Å². The predicted molar refractivity (Wildman–Crippen MR) is 121 cm³/mol. The van der Waals surface area contributed by atoms with Crippen molar-refractivity contribution >= 4 is 17.3 Å². The highest BCUT2D eigenvalue weighted by Gasteiger charge is 2.36. The summed E-state index contributed by atoms with van der Waals surface area (Å²) in [6, 6.07) is 9.00. The number of ether oxygens (including phenoxy) is 1. The number of aliphatic hydroxyl groups excluding tert-OH is 1. The quantitative estimate of drug-likeness (QED) is 0.583. The maximum Gasteiger partial charge on any atom is 0.433 e. The highest BCUT2D eigenvalue weighted by Crippen LogP contribution is 2.39. The van der Waals surface area contributed by atoms with Crippen LogP contribution in [0.15, 0.2) is 42.6 Å². The summed E-state index contributed by atoms with van der Waals surface area (Å²) in [4.78, 5) is 18.1. The number of morpholine rings is 1. The lowest BCUT2D eigenvalue weighted by Crippen LogP contribution is -2.49. The van der Waals surface area contributed by atoms with E-state index in [1.54, 1.807) is 18.2 Å². The molecule has 0 radical (unpaired) electrons. The van der Waals surface area contributed by atoms with E-state index in [0.717, 1.165) is 17.4 Å². The number of nitrogens with zero attached hydrogens (tertiary/aromatic N) is 4. The average Bonchev–Trinajstić information content (AvgIpc) is 2.84. The molecule has 1 fully saturated rings. The number of aromatic nitrogens is 3. The van der Waals surface area contributed by atoms with Gasteiger partial charge in [-0.1, -0.05) is 6.07 Å². The molecule has 35 heavy (non-hydrogen) atoms. The molecule has 8 nitrogen and oxygen atoms in total. The molecule has 11 heteroatoms. The summed E-state index contributed by atoms with van der Waals surface area (Å²) in [6.45, 7) is 3.67. The number of anilines is 2. The number of fused-ring (bicyclic) bond motifs is 3. The van der Waals surface area contributed by atoms with Gasteiger partial charge in [0.1, 0.15) is 17.5 Å². The zero-order chi connectivity index (χ0) is 24.7. The van der Waals surface area contributed by atoms with Crippen molar-refractivity contribution in [2.45, 2.75) is 31.7 Å². The largest absolute Gasteiger partial charge is 0.433 e. The Kier molecular flexibility index (Phi) is 5.89. The number of alkyl halides is 3. The molecular formula is C24H22F3N5O3. The Labute approximate surface area is 198 Å². The molecule has 1 aromatic carbocycles. The first kappa shape index (κ1) is 23.2. The number of halogens is 3. The molecule has 182 valence electrons. The molecule has 0 unspecified atom stereocenters. The van der Waals surface area contributed by atoms with Crippen LogP contribution in [-0.2, 0) is 10.9 Å². The molecule has 1 saturated heterocycles. The van der Waals surface area contributed by atoms with Crippen molar-refractivity contribution in [3.8, 4) is 11.3 Å². The second-order valence-electron chi connectivity index (χ2n) is 8.59. The fraction of sp³-hybridized carbons (Fsp3) is 0.333. The number of benzene rings is 1. The van der Waals surface area contributed by atoms with E-state index in [0.29, 0.717) is 54.9 Å². The predicted octanol–water partition coefficient (Wildman–Crippen LogP) is 3.76. The zero-order valence-corrected chi connectivity index (χ0v) is 18.7. The molecule has 0 aliphatic carbocycles. The molecule has 3 aromatic rings. The lowest BCUT2D eigenvalue weighted by atomic mass is 9.95. The van der Waals surface area contributed by atoms with E-state index < -0.39 is 23.9 Å². The van der Waals surface area contributed by atoms with Gasteiger partial charge in [0.2, 0.25) is 0 Å². The highest BCUT2D eigenvalue weighted by atomic mass is 19.4. The van der Waals surface area contributed by atoms with Crippen molar-refractivity contribution in [2.75, 3.05) is 30.0 Å². The Hall–Kier alpha value is -3.57. The van der Waals surface area contributed by atoms with Gasteiger partial charge < -0.3 is 20.1 Å². The van der Waals surface area contributed by atoms with Gasteiger partial charge >= 0.3 is 6.18 Å². The molecule has 2 aliphatic heterocycles. The summed E-state index contributed by atoms with van der Waals surface area (Å²) < 4.78 is 44.4. The topological polar surface area (TPSA) is 100 Å². The Bertz CT molecular complexity index is 1280. The van der Waals surface area contributed by atoms with Crippen molar-refractivity contribution in [3.63, 3.8) is 0 Å². The first-order valence-corrected chi connectivity index (χ1v) is 11.1. The van der Waals surface area contributed by atoms with Crippen LogP contribution in [0.4, 0.5) is 24.5 Å². The van der Waals surface area contributed by atoms with Crippen LogP contribution in [0.25, 0.3) is 11.3 Å². The molecule has 1 amide bonds. The average molecular weight is 485 g/mol. The van der Waals surface area contributed by atoms with Crippen LogP contribution in [0.1, 0.15) is 39.8 Å². The van der Waals surface area contributed by atoms with E-state index in [2.05, 4.69) is 25.4 Å². The SMILES string of the molecule is Cc1ccc(NC(=O)c2ccnc(C(F)(F)F)c2)cc1-c1cc2c(nn1)[C@H](O)C[C@@H]1COCCN21. The fourth-order valence-electron chi connectivity index (χ4n) is 4.43. The molecule has 0 spiro atoms. The summed E-state index contributed by atoms with van der Waals surface area (Å²) >= 11 is 0. The number of aliphatic hydroxyl groups is 1. The fourth-order valence-corrected chi connectivity index (χ4v) is 4.43. The highest BCUT2D eigenvalue weighted by molar-refractivity contribution is 6.04. The Morgan fingerprint density at radius 2 is 2.03 bits per heavy atom. The van der Waals surface area contributed by atoms with Crippen LogP contribution in [-0.4, -0.2) is 52.0 Å². The number of carbonyl (C=O) groups excluding carboxylic acids is 1. The van der Waals surface area contributed by atoms with Crippen molar-refractivity contribution < 1.29 is 27.8 Å². The number of pyridine rings is 1. The number of hydrogen-bond acceptors (Lipinski definition) is 7. The van der Waals surface area contributed by atoms with Gasteiger partial charge in [0.05, 0.1) is 30.6 Å². The van der Waals surface area contributed by atoms with Crippen LogP contribution >= 0.6 is 0 Å². The molecule has 4 heterocycles. The molecule has 2 N–H and O–H groups in total. The minimum absolute atomic E-state index is 0.0528. The first-order valence-electron chi connectivity index (χ1n) is 11.1. The summed E-state index contributed by atoms with van der Waals surface area (Å²) in [5, 5.41) is 21.8. The first-order chi connectivity index (χ1) is 16.7. The number of hydrogen-bond donors (Lipinski definition) is 2. The number of carbonyl (C=O) groups is 1. The monoisotopic (exact) mass is 485 g/mol. The van der Waals surface area contributed by atoms with Crippen molar-refractivity contribution in [1.82, 2.24) is 15.2 Å². The lowest BCUT2D eigenvalue weighted by molar-refractivity contribution is -0.141. The third-order valence-corrected chi connectivity index (χ3v) is 6.23. The Morgan fingerprint density at radius 1 is 1.20 bits per heavy atom. The minimum Gasteiger partial charge on any atom is -0.387 e. The maximum atomic E-state index is 13.0. The van der Waals surface area contributed by atoms with Gasteiger partial charge in [0, 0.05) is 36.0 Å². The van der Waals surface area contributed by atoms with E-state index in [-0.39, 0.29) is 11.6 Å². The number of aryl methyl sites for hydroxylation is 1. The van der Waals surface area contributed by atoms with Gasteiger partial charge in [0.15, 0.2) is 0 Å². The summed E-state index contributed by atoms with van der Waals surface area (Å²) in [5.41, 5.74) is 2.55. The van der Waals surface area contributed by atoms with Crippen molar-refractivity contribution in [2.24, 2.45) is 0 Å². The molecule has 2 aromatic heterocycles. The van der Waals surface area contributed by atoms with E-state index in [1.807, 2.05) is 13.0 Å². The molecule has 5 rings (SSSR count). The van der Waals surface area contributed by atoms with E-state index in [1.165, 1.54) is 6.07 Å². The van der Waals surface area contributed by atoms with Crippen LogP contribution in [0.3, 0.4) is 0 Å². The third-order valence-electron chi connectivity index (χ3n) is 6.23. The molecule has 2 aliphatic rings. The van der Waals surface area contributed by atoms with Crippen LogP contribution < -0.4 is 10.2 Å². The smallest absolute Gasteiger partial charge is 0.387 e. The van der Waals surface area contributed by atoms with E-state index >= 15 is 0 Å².